The number of aromatic nitrogens is 1. The Kier molecular flexibility index (Phi) is 5.99. The van der Waals surface area contributed by atoms with Gasteiger partial charge in [-0.3, -0.25) is 4.79 Å². The fraction of sp³-hybridized carbons (Fsp3) is 0.320. The fourth-order valence-corrected chi connectivity index (χ4v) is 7.10. The van der Waals surface area contributed by atoms with E-state index in [1.165, 1.54) is 4.90 Å². The van der Waals surface area contributed by atoms with E-state index in [1.807, 2.05) is 41.8 Å². The maximum atomic E-state index is 13.3. The summed E-state index contributed by atoms with van der Waals surface area (Å²) in [5.74, 6) is -0.951. The van der Waals surface area contributed by atoms with Crippen LogP contribution in [0.5, 0.6) is 0 Å². The molecule has 1 atom stereocenters. The molecule has 34 heavy (non-hydrogen) atoms. The molecule has 0 radical (unpaired) electrons. The molecule has 0 N–H and O–H groups in total. The number of likely N-dealkylation sites (N-methyl/N-ethyl adjacent to an activating group) is 1. The lowest BCUT2D eigenvalue weighted by Gasteiger charge is -2.23. The van der Waals surface area contributed by atoms with E-state index in [-0.39, 0.29) is 17.5 Å². The molecule has 3 heterocycles. The van der Waals surface area contributed by atoms with E-state index < -0.39 is 28.3 Å². The van der Waals surface area contributed by atoms with Crippen LogP contribution in [0.15, 0.2) is 41.8 Å². The number of thiophene rings is 1. The van der Waals surface area contributed by atoms with Crippen molar-refractivity contribution in [3.05, 3.63) is 63.5 Å². The number of hydrogen-bond acceptors (Lipinski definition) is 7. The van der Waals surface area contributed by atoms with E-state index in [2.05, 4.69) is 6.08 Å². The van der Waals surface area contributed by atoms with E-state index in [9.17, 15) is 18.0 Å². The lowest BCUT2D eigenvalue weighted by molar-refractivity contribution is -0.134. The zero-order valence-corrected chi connectivity index (χ0v) is 20.3. The largest absolute Gasteiger partial charge is 0.452 e. The molecule has 1 fully saturated rings. The summed E-state index contributed by atoms with van der Waals surface area (Å²) in [7, 11) is -1.56. The van der Waals surface area contributed by atoms with Gasteiger partial charge in [-0.15, -0.1) is 11.3 Å². The highest BCUT2D eigenvalue weighted by Crippen LogP contribution is 2.38. The SMILES string of the molecule is CN(C(=O)COC(=O)c1c2c(nc3ccccc13)/C(=C/c1cccs1)CC2)C1CCS(=O)(=O)C1. The third-order valence-electron chi connectivity index (χ3n) is 6.48. The van der Waals surface area contributed by atoms with Crippen molar-refractivity contribution in [3.63, 3.8) is 0 Å². The van der Waals surface area contributed by atoms with Gasteiger partial charge in [0.15, 0.2) is 16.4 Å². The van der Waals surface area contributed by atoms with Crippen LogP contribution in [0.1, 0.15) is 39.3 Å². The van der Waals surface area contributed by atoms with Crippen molar-refractivity contribution in [1.29, 1.82) is 0 Å². The van der Waals surface area contributed by atoms with Gasteiger partial charge >= 0.3 is 5.97 Å². The van der Waals surface area contributed by atoms with Crippen LogP contribution in [0, 0.1) is 0 Å². The van der Waals surface area contributed by atoms with Gasteiger partial charge in [-0.2, -0.15) is 0 Å². The quantitative estimate of drug-likeness (QED) is 0.501. The number of esters is 1. The van der Waals surface area contributed by atoms with Crippen LogP contribution in [0.3, 0.4) is 0 Å². The van der Waals surface area contributed by atoms with Crippen molar-refractivity contribution in [2.75, 3.05) is 25.2 Å². The number of carbonyl (C=O) groups is 2. The summed E-state index contributed by atoms with van der Waals surface area (Å²) in [6.07, 6.45) is 3.96. The third-order valence-corrected chi connectivity index (χ3v) is 9.05. The van der Waals surface area contributed by atoms with Crippen molar-refractivity contribution in [1.82, 2.24) is 9.88 Å². The monoisotopic (exact) mass is 496 g/mol. The van der Waals surface area contributed by atoms with Gasteiger partial charge in [0.1, 0.15) is 0 Å². The molecule has 176 valence electrons. The molecule has 1 saturated heterocycles. The van der Waals surface area contributed by atoms with Gasteiger partial charge < -0.3 is 9.64 Å². The number of rotatable bonds is 5. The second kappa shape index (κ2) is 8.96. The number of sulfone groups is 1. The van der Waals surface area contributed by atoms with E-state index in [4.69, 9.17) is 9.72 Å². The summed E-state index contributed by atoms with van der Waals surface area (Å²) in [6, 6.07) is 11.1. The Morgan fingerprint density at radius 1 is 1.21 bits per heavy atom. The zero-order valence-electron chi connectivity index (χ0n) is 18.7. The lowest BCUT2D eigenvalue weighted by Crippen LogP contribution is -2.40. The molecule has 2 aromatic heterocycles. The van der Waals surface area contributed by atoms with Crippen LogP contribution in [0.25, 0.3) is 22.6 Å². The number of para-hydroxylation sites is 1. The molecule has 1 aliphatic heterocycles. The minimum atomic E-state index is -3.12. The number of pyridine rings is 1. The van der Waals surface area contributed by atoms with Gasteiger partial charge in [-0.1, -0.05) is 24.3 Å². The first kappa shape index (κ1) is 22.7. The summed E-state index contributed by atoms with van der Waals surface area (Å²) in [5.41, 5.74) is 3.88. The smallest absolute Gasteiger partial charge is 0.339 e. The van der Waals surface area contributed by atoms with Crippen molar-refractivity contribution in [2.24, 2.45) is 0 Å². The number of fused-ring (bicyclic) bond motifs is 2. The molecule has 3 aromatic rings. The number of carbonyl (C=O) groups excluding carboxylic acids is 2. The topological polar surface area (TPSA) is 93.6 Å². The maximum Gasteiger partial charge on any atom is 0.339 e. The average molecular weight is 497 g/mol. The Morgan fingerprint density at radius 2 is 2.03 bits per heavy atom. The number of hydrogen-bond donors (Lipinski definition) is 0. The highest BCUT2D eigenvalue weighted by molar-refractivity contribution is 7.91. The fourth-order valence-electron chi connectivity index (χ4n) is 4.64. The van der Waals surface area contributed by atoms with Crippen LogP contribution in [0.2, 0.25) is 0 Å². The summed E-state index contributed by atoms with van der Waals surface area (Å²) in [5, 5.41) is 2.72. The normalized spacial score (nSPS) is 19.9. The van der Waals surface area contributed by atoms with Crippen LogP contribution in [0.4, 0.5) is 0 Å². The van der Waals surface area contributed by atoms with E-state index in [1.54, 1.807) is 18.4 Å². The molecule has 0 spiro atoms. The highest BCUT2D eigenvalue weighted by atomic mass is 32.2. The number of benzene rings is 1. The van der Waals surface area contributed by atoms with Crippen molar-refractivity contribution < 1.29 is 22.7 Å². The molecule has 0 saturated carbocycles. The Hall–Kier alpha value is -3.04. The van der Waals surface area contributed by atoms with E-state index >= 15 is 0 Å². The van der Waals surface area contributed by atoms with Gasteiger partial charge in [0.2, 0.25) is 0 Å². The summed E-state index contributed by atoms with van der Waals surface area (Å²) >= 11 is 1.65. The lowest BCUT2D eigenvalue weighted by atomic mass is 10.0. The summed E-state index contributed by atoms with van der Waals surface area (Å²) in [4.78, 5) is 33.3. The van der Waals surface area contributed by atoms with Crippen LogP contribution >= 0.6 is 11.3 Å². The molecule has 1 aliphatic carbocycles. The predicted molar refractivity (Wildman–Crippen MR) is 132 cm³/mol. The average Bonchev–Trinajstić information content (AvgIpc) is 3.56. The zero-order chi connectivity index (χ0) is 23.9. The Labute approximate surface area is 202 Å². The van der Waals surface area contributed by atoms with Gasteiger partial charge in [0.25, 0.3) is 5.91 Å². The summed E-state index contributed by atoms with van der Waals surface area (Å²) in [6.45, 7) is -0.435. The standard InChI is InChI=1S/C25H24N2O5S2/c1-27(17-10-12-34(30,31)15-17)22(28)14-32-25(29)23-19-6-2-3-7-21(19)26-24-16(8-9-20(23)24)13-18-5-4-11-33-18/h2-7,11,13,17H,8-10,12,14-15H2,1H3/b16-13+. The molecule has 7 nitrogen and oxygen atoms in total. The van der Waals surface area contributed by atoms with Crippen molar-refractivity contribution in [3.8, 4) is 0 Å². The number of nitrogens with zero attached hydrogens (tertiary/aromatic N) is 2. The second-order valence-electron chi connectivity index (χ2n) is 8.65. The molecule has 5 rings (SSSR count). The first-order chi connectivity index (χ1) is 16.3. The number of ether oxygens (including phenoxy) is 1. The van der Waals surface area contributed by atoms with Gasteiger partial charge in [0.05, 0.1) is 28.3 Å². The van der Waals surface area contributed by atoms with Crippen LogP contribution in [-0.4, -0.2) is 61.4 Å². The molecule has 1 amide bonds. The van der Waals surface area contributed by atoms with E-state index in [0.29, 0.717) is 29.3 Å². The first-order valence-electron chi connectivity index (χ1n) is 11.1. The Balaban J connectivity index is 1.41. The first-order valence-corrected chi connectivity index (χ1v) is 13.8. The maximum absolute atomic E-state index is 13.3. The molecule has 2 aliphatic rings. The molecular weight excluding hydrogens is 472 g/mol. The Morgan fingerprint density at radius 3 is 2.76 bits per heavy atom. The van der Waals surface area contributed by atoms with Gasteiger partial charge in [-0.25, -0.2) is 18.2 Å². The number of amides is 1. The van der Waals surface area contributed by atoms with Crippen LogP contribution < -0.4 is 0 Å². The Bertz CT molecular complexity index is 1410. The van der Waals surface area contributed by atoms with Gasteiger partial charge in [0, 0.05) is 23.4 Å². The minimum Gasteiger partial charge on any atom is -0.452 e. The van der Waals surface area contributed by atoms with Crippen molar-refractivity contribution in [2.45, 2.75) is 25.3 Å². The van der Waals surface area contributed by atoms with E-state index in [0.717, 1.165) is 28.1 Å². The minimum absolute atomic E-state index is 0.0506. The molecule has 0 bridgehead atoms. The highest BCUT2D eigenvalue weighted by Gasteiger charge is 2.33. The summed E-state index contributed by atoms with van der Waals surface area (Å²) < 4.78 is 29.0. The van der Waals surface area contributed by atoms with Gasteiger partial charge in [-0.05, 0) is 54.0 Å². The third kappa shape index (κ3) is 4.37. The predicted octanol–water partition coefficient (Wildman–Crippen LogP) is 3.59. The second-order valence-corrected chi connectivity index (χ2v) is 11.9. The molecule has 1 aromatic carbocycles. The van der Waals surface area contributed by atoms with Crippen LogP contribution in [-0.2, 0) is 25.8 Å². The molecule has 1 unspecified atom stereocenters. The van der Waals surface area contributed by atoms with Crippen molar-refractivity contribution >= 4 is 55.6 Å². The molecular formula is C25H24N2O5S2. The number of allylic oxidation sites excluding steroid dienone is 1. The molecule has 9 heteroatoms.